The first-order valence-electron chi connectivity index (χ1n) is 4.39. The number of hydrogen-bond acceptors (Lipinski definition) is 3. The Labute approximate surface area is 105 Å². The van der Waals surface area contributed by atoms with Gasteiger partial charge < -0.3 is 5.11 Å². The number of hydrogen-bond donors (Lipinski definition) is 1. The second-order valence-electron chi connectivity index (χ2n) is 3.03. The molecule has 2 rings (SSSR count). The highest BCUT2D eigenvalue weighted by Gasteiger charge is 2.08. The van der Waals surface area contributed by atoms with Gasteiger partial charge in [-0.3, -0.25) is 0 Å². The maximum atomic E-state index is 10.9. The van der Waals surface area contributed by atoms with Gasteiger partial charge in [0.25, 0.3) is 0 Å². The molecular weight excluding hydrogens is 264 g/mol. The summed E-state index contributed by atoms with van der Waals surface area (Å²) in [5.74, 6) is -0.905. The van der Waals surface area contributed by atoms with Crippen molar-refractivity contribution in [2.45, 2.75) is 0 Å². The van der Waals surface area contributed by atoms with Gasteiger partial charge in [-0.05, 0) is 22.4 Å². The van der Waals surface area contributed by atoms with E-state index in [0.717, 1.165) is 5.56 Å². The third-order valence-electron chi connectivity index (χ3n) is 2.01. The molecule has 0 bridgehead atoms. The fraction of sp³-hybridized carbons (Fsp3) is 0. The molecule has 1 N–H and O–H groups in total. The van der Waals surface area contributed by atoms with Crippen LogP contribution in [0.5, 0.6) is 0 Å². The third kappa shape index (κ3) is 2.35. The van der Waals surface area contributed by atoms with Crippen LogP contribution >= 0.6 is 34.3 Å². The van der Waals surface area contributed by atoms with Crippen molar-refractivity contribution in [3.05, 3.63) is 43.2 Å². The van der Waals surface area contributed by atoms with E-state index in [2.05, 4.69) is 0 Å². The molecule has 5 heteroatoms. The van der Waals surface area contributed by atoms with Gasteiger partial charge in [-0.2, -0.15) is 11.3 Å². The Morgan fingerprint density at radius 3 is 2.69 bits per heavy atom. The Kier molecular flexibility index (Phi) is 3.43. The summed E-state index contributed by atoms with van der Waals surface area (Å²) in [5.41, 5.74) is 1.95. The number of carbonyl (C=O) groups is 1. The lowest BCUT2D eigenvalue weighted by Crippen LogP contribution is -1.95. The summed E-state index contributed by atoms with van der Waals surface area (Å²) in [5, 5.41) is 14.2. The van der Waals surface area contributed by atoms with Crippen LogP contribution < -0.4 is 0 Å². The summed E-state index contributed by atoms with van der Waals surface area (Å²) in [7, 11) is 0. The van der Waals surface area contributed by atoms with Crippen LogP contribution in [0, 0.1) is 0 Å². The minimum absolute atomic E-state index is 0.326. The molecule has 0 unspecified atom stereocenters. The minimum Gasteiger partial charge on any atom is -0.478 e. The van der Waals surface area contributed by atoms with Gasteiger partial charge in [0.2, 0.25) is 0 Å². The number of aromatic carboxylic acids is 1. The summed E-state index contributed by atoms with van der Waals surface area (Å²) < 4.78 is 0.711. The Morgan fingerprint density at radius 1 is 1.31 bits per heavy atom. The normalized spacial score (nSPS) is 11.1. The molecule has 2 nitrogen and oxygen atoms in total. The fourth-order valence-electron chi connectivity index (χ4n) is 1.21. The van der Waals surface area contributed by atoms with Crippen molar-refractivity contribution in [2.75, 3.05) is 0 Å². The van der Waals surface area contributed by atoms with Gasteiger partial charge in [-0.1, -0.05) is 23.8 Å². The van der Waals surface area contributed by atoms with Gasteiger partial charge in [0.05, 0.1) is 5.56 Å². The molecular formula is C11H7ClO2S2. The average Bonchev–Trinajstić information content (AvgIpc) is 2.83. The smallest absolute Gasteiger partial charge is 0.337 e. The van der Waals surface area contributed by atoms with Crippen molar-refractivity contribution in [3.8, 4) is 0 Å². The fourth-order valence-corrected chi connectivity index (χ4v) is 2.89. The van der Waals surface area contributed by atoms with Gasteiger partial charge in [0, 0.05) is 10.9 Å². The molecule has 0 aliphatic rings. The van der Waals surface area contributed by atoms with Crippen LogP contribution in [0.2, 0.25) is 4.34 Å². The molecule has 0 aliphatic heterocycles. The van der Waals surface area contributed by atoms with Crippen LogP contribution in [0.25, 0.3) is 12.2 Å². The van der Waals surface area contributed by atoms with E-state index >= 15 is 0 Å². The number of carboxylic acids is 1. The SMILES string of the molecule is O=C(O)c1cscc1C=Cc1ccsc1Cl. The predicted octanol–water partition coefficient (Wildman–Crippen LogP) is 4.33. The molecule has 0 radical (unpaired) electrons. The van der Waals surface area contributed by atoms with Crippen LogP contribution in [0.15, 0.2) is 22.2 Å². The molecule has 0 amide bonds. The van der Waals surface area contributed by atoms with Crippen molar-refractivity contribution < 1.29 is 9.90 Å². The van der Waals surface area contributed by atoms with E-state index in [1.807, 2.05) is 17.5 Å². The number of halogens is 1. The molecule has 0 spiro atoms. The standard InChI is InChI=1S/C11H7ClO2S2/c12-10-7(3-4-16-10)1-2-8-5-15-6-9(8)11(13)14/h1-6H,(H,13,14). The van der Waals surface area contributed by atoms with Crippen LogP contribution in [0.1, 0.15) is 21.5 Å². The van der Waals surface area contributed by atoms with E-state index in [0.29, 0.717) is 15.5 Å². The van der Waals surface area contributed by atoms with Crippen molar-refractivity contribution in [1.82, 2.24) is 0 Å². The number of rotatable bonds is 3. The van der Waals surface area contributed by atoms with E-state index in [-0.39, 0.29) is 0 Å². The minimum atomic E-state index is -0.905. The van der Waals surface area contributed by atoms with Gasteiger partial charge in [-0.25, -0.2) is 4.79 Å². The first kappa shape index (κ1) is 11.4. The van der Waals surface area contributed by atoms with Gasteiger partial charge in [0.1, 0.15) is 4.34 Å². The molecule has 2 heterocycles. The summed E-state index contributed by atoms with van der Waals surface area (Å²) >= 11 is 8.76. The quantitative estimate of drug-likeness (QED) is 0.901. The van der Waals surface area contributed by atoms with Crippen LogP contribution in [0.3, 0.4) is 0 Å². The lowest BCUT2D eigenvalue weighted by Gasteiger charge is -1.92. The largest absolute Gasteiger partial charge is 0.478 e. The first-order valence-corrected chi connectivity index (χ1v) is 6.59. The molecule has 0 fully saturated rings. The molecule has 2 aromatic heterocycles. The number of thiophene rings is 2. The van der Waals surface area contributed by atoms with Crippen molar-refractivity contribution in [3.63, 3.8) is 0 Å². The van der Waals surface area contributed by atoms with Crippen molar-refractivity contribution in [1.29, 1.82) is 0 Å². The molecule has 2 aromatic rings. The molecule has 0 saturated carbocycles. The topological polar surface area (TPSA) is 37.3 Å². The number of carboxylic acid groups (broad SMARTS) is 1. The van der Waals surface area contributed by atoms with E-state index in [4.69, 9.17) is 16.7 Å². The lowest BCUT2D eigenvalue weighted by atomic mass is 10.1. The lowest BCUT2D eigenvalue weighted by molar-refractivity contribution is 0.0697. The summed E-state index contributed by atoms with van der Waals surface area (Å²) in [6, 6.07) is 1.90. The first-order chi connectivity index (χ1) is 7.68. The second kappa shape index (κ2) is 4.82. The van der Waals surface area contributed by atoms with Gasteiger partial charge in [-0.15, -0.1) is 11.3 Å². The predicted molar refractivity (Wildman–Crippen MR) is 69.5 cm³/mol. The molecule has 0 saturated heterocycles. The van der Waals surface area contributed by atoms with Crippen molar-refractivity contribution >= 4 is 52.4 Å². The maximum absolute atomic E-state index is 10.9. The highest BCUT2D eigenvalue weighted by Crippen LogP contribution is 2.25. The monoisotopic (exact) mass is 270 g/mol. The molecule has 0 atom stereocenters. The summed E-state index contributed by atoms with van der Waals surface area (Å²) in [6.45, 7) is 0. The molecule has 0 aromatic carbocycles. The summed E-state index contributed by atoms with van der Waals surface area (Å²) in [6.07, 6.45) is 3.60. The van der Waals surface area contributed by atoms with Gasteiger partial charge >= 0.3 is 5.97 Å². The van der Waals surface area contributed by atoms with Crippen LogP contribution in [-0.2, 0) is 0 Å². The zero-order valence-corrected chi connectivity index (χ0v) is 10.4. The zero-order chi connectivity index (χ0) is 11.5. The highest BCUT2D eigenvalue weighted by molar-refractivity contribution is 7.14. The van der Waals surface area contributed by atoms with E-state index in [1.54, 1.807) is 16.8 Å². The Hall–Kier alpha value is -1.10. The second-order valence-corrected chi connectivity index (χ2v) is 5.29. The van der Waals surface area contributed by atoms with E-state index in [9.17, 15) is 4.79 Å². The van der Waals surface area contributed by atoms with Crippen molar-refractivity contribution in [2.24, 2.45) is 0 Å². The van der Waals surface area contributed by atoms with Gasteiger partial charge in [0.15, 0.2) is 0 Å². The third-order valence-corrected chi connectivity index (χ3v) is 3.97. The van der Waals surface area contributed by atoms with E-state index in [1.165, 1.54) is 22.7 Å². The van der Waals surface area contributed by atoms with Crippen LogP contribution in [-0.4, -0.2) is 11.1 Å². The Morgan fingerprint density at radius 2 is 2.06 bits per heavy atom. The average molecular weight is 271 g/mol. The van der Waals surface area contributed by atoms with E-state index < -0.39 is 5.97 Å². The van der Waals surface area contributed by atoms with Crippen LogP contribution in [0.4, 0.5) is 0 Å². The molecule has 16 heavy (non-hydrogen) atoms. The molecule has 82 valence electrons. The maximum Gasteiger partial charge on any atom is 0.337 e. The Bertz CT molecular complexity index is 540. The Balaban J connectivity index is 2.27. The zero-order valence-electron chi connectivity index (χ0n) is 8.01. The summed E-state index contributed by atoms with van der Waals surface area (Å²) in [4.78, 5) is 10.9. The molecule has 0 aliphatic carbocycles. The highest BCUT2D eigenvalue weighted by atomic mass is 35.5.